The highest BCUT2D eigenvalue weighted by atomic mass is 16.5. The van der Waals surface area contributed by atoms with E-state index in [9.17, 15) is 4.79 Å². The maximum absolute atomic E-state index is 12.6. The molecule has 1 N–H and O–H groups in total. The van der Waals surface area contributed by atoms with Gasteiger partial charge in [-0.25, -0.2) is 0 Å². The number of hydrogen-bond donors (Lipinski definition) is 1. The predicted octanol–water partition coefficient (Wildman–Crippen LogP) is 1.69. The van der Waals surface area contributed by atoms with Gasteiger partial charge in [-0.15, -0.1) is 0 Å². The Morgan fingerprint density at radius 2 is 2.04 bits per heavy atom. The van der Waals surface area contributed by atoms with Crippen molar-refractivity contribution >= 4 is 5.91 Å². The minimum Gasteiger partial charge on any atom is -0.490 e. The van der Waals surface area contributed by atoms with E-state index >= 15 is 0 Å². The number of nitrogens with zero attached hydrogens (tertiary/aromatic N) is 1. The van der Waals surface area contributed by atoms with Gasteiger partial charge in [0.05, 0.1) is 18.8 Å². The standard InChI is InChI=1S/C19H28N2O4/c1-23-12-13-25-18-5-3-2-4-17(18)19(22)20-15-6-9-21(10-7-15)16-8-11-24-14-16/h2-5,15-16H,6-14H2,1H3,(H,20,22)/t16-/m1/s1. The fourth-order valence-corrected chi connectivity index (χ4v) is 3.50. The van der Waals surface area contributed by atoms with E-state index in [-0.39, 0.29) is 11.9 Å². The van der Waals surface area contributed by atoms with E-state index in [0.717, 1.165) is 45.6 Å². The summed E-state index contributed by atoms with van der Waals surface area (Å²) in [6.07, 6.45) is 3.09. The highest BCUT2D eigenvalue weighted by Crippen LogP contribution is 2.21. The van der Waals surface area contributed by atoms with Crippen LogP contribution < -0.4 is 10.1 Å². The number of methoxy groups -OCH3 is 1. The molecule has 0 aliphatic carbocycles. The smallest absolute Gasteiger partial charge is 0.255 e. The second kappa shape index (κ2) is 9.17. The molecular formula is C19H28N2O4. The van der Waals surface area contributed by atoms with Crippen LogP contribution in [0.2, 0.25) is 0 Å². The molecular weight excluding hydrogens is 320 g/mol. The zero-order valence-electron chi connectivity index (χ0n) is 14.9. The minimum atomic E-state index is -0.0596. The van der Waals surface area contributed by atoms with Gasteiger partial charge in [-0.05, 0) is 31.4 Å². The molecule has 1 aromatic carbocycles. The second-order valence-corrected chi connectivity index (χ2v) is 6.64. The number of likely N-dealkylation sites (tertiary alicyclic amines) is 1. The summed E-state index contributed by atoms with van der Waals surface area (Å²) in [4.78, 5) is 15.1. The van der Waals surface area contributed by atoms with E-state index in [1.165, 1.54) is 0 Å². The van der Waals surface area contributed by atoms with Crippen molar-refractivity contribution in [1.82, 2.24) is 10.2 Å². The lowest BCUT2D eigenvalue weighted by molar-refractivity contribution is 0.0869. The molecule has 1 atom stereocenters. The number of amides is 1. The van der Waals surface area contributed by atoms with Crippen molar-refractivity contribution in [1.29, 1.82) is 0 Å². The number of ether oxygens (including phenoxy) is 3. The quantitative estimate of drug-likeness (QED) is 0.760. The maximum atomic E-state index is 12.6. The first-order valence-electron chi connectivity index (χ1n) is 9.11. The number of rotatable bonds is 7. The fourth-order valence-electron chi connectivity index (χ4n) is 3.50. The number of para-hydroxylation sites is 1. The molecule has 0 unspecified atom stereocenters. The average molecular weight is 348 g/mol. The Balaban J connectivity index is 1.51. The van der Waals surface area contributed by atoms with Gasteiger partial charge in [0.1, 0.15) is 12.4 Å². The van der Waals surface area contributed by atoms with E-state index < -0.39 is 0 Å². The van der Waals surface area contributed by atoms with E-state index in [4.69, 9.17) is 14.2 Å². The summed E-state index contributed by atoms with van der Waals surface area (Å²) in [7, 11) is 1.63. The van der Waals surface area contributed by atoms with Crippen molar-refractivity contribution in [2.24, 2.45) is 0 Å². The number of piperidine rings is 1. The van der Waals surface area contributed by atoms with Crippen molar-refractivity contribution in [3.8, 4) is 5.75 Å². The van der Waals surface area contributed by atoms with Crippen LogP contribution in [0.25, 0.3) is 0 Å². The molecule has 2 heterocycles. The fraction of sp³-hybridized carbons (Fsp3) is 0.632. The van der Waals surface area contributed by atoms with Crippen LogP contribution in [-0.4, -0.2) is 69.5 Å². The van der Waals surface area contributed by atoms with Crippen molar-refractivity contribution in [3.63, 3.8) is 0 Å². The SMILES string of the molecule is COCCOc1ccccc1C(=O)NC1CCN([C@@H]2CCOC2)CC1. The van der Waals surface area contributed by atoms with E-state index in [0.29, 0.717) is 30.6 Å². The maximum Gasteiger partial charge on any atom is 0.255 e. The first-order chi connectivity index (χ1) is 12.3. The molecule has 25 heavy (non-hydrogen) atoms. The molecule has 0 spiro atoms. The third kappa shape index (κ3) is 4.93. The zero-order valence-corrected chi connectivity index (χ0v) is 14.9. The Labute approximate surface area is 149 Å². The van der Waals surface area contributed by atoms with Crippen molar-refractivity contribution in [2.45, 2.75) is 31.3 Å². The van der Waals surface area contributed by atoms with Gasteiger partial charge in [-0.3, -0.25) is 9.69 Å². The molecule has 6 heteroatoms. The molecule has 0 radical (unpaired) electrons. The predicted molar refractivity (Wildman–Crippen MR) is 95.1 cm³/mol. The summed E-state index contributed by atoms with van der Waals surface area (Å²) < 4.78 is 16.1. The summed E-state index contributed by atoms with van der Waals surface area (Å²) >= 11 is 0. The summed E-state index contributed by atoms with van der Waals surface area (Å²) in [5.41, 5.74) is 0.588. The van der Waals surface area contributed by atoms with Crippen molar-refractivity contribution < 1.29 is 19.0 Å². The van der Waals surface area contributed by atoms with Crippen molar-refractivity contribution in [2.75, 3.05) is 46.6 Å². The topological polar surface area (TPSA) is 60.0 Å². The van der Waals surface area contributed by atoms with Gasteiger partial charge in [-0.2, -0.15) is 0 Å². The Bertz CT molecular complexity index is 552. The van der Waals surface area contributed by atoms with Gasteiger partial charge in [0.25, 0.3) is 5.91 Å². The molecule has 2 saturated heterocycles. The number of carbonyl (C=O) groups excluding carboxylic acids is 1. The molecule has 2 fully saturated rings. The number of benzene rings is 1. The second-order valence-electron chi connectivity index (χ2n) is 6.64. The van der Waals surface area contributed by atoms with E-state index in [1.54, 1.807) is 7.11 Å². The molecule has 0 bridgehead atoms. The first kappa shape index (κ1) is 18.2. The van der Waals surface area contributed by atoms with Crippen LogP contribution in [0, 0.1) is 0 Å². The van der Waals surface area contributed by atoms with Gasteiger partial charge < -0.3 is 19.5 Å². The molecule has 1 aromatic rings. The van der Waals surface area contributed by atoms with Crippen LogP contribution in [-0.2, 0) is 9.47 Å². The minimum absolute atomic E-state index is 0.0596. The molecule has 3 rings (SSSR count). The third-order valence-corrected chi connectivity index (χ3v) is 4.96. The lowest BCUT2D eigenvalue weighted by Crippen LogP contribution is -2.48. The van der Waals surface area contributed by atoms with Crippen molar-refractivity contribution in [3.05, 3.63) is 29.8 Å². The molecule has 0 saturated carbocycles. The van der Waals surface area contributed by atoms with E-state index in [1.807, 2.05) is 24.3 Å². The molecule has 6 nitrogen and oxygen atoms in total. The number of nitrogens with one attached hydrogen (secondary N) is 1. The van der Waals surface area contributed by atoms with Crippen LogP contribution in [0.4, 0.5) is 0 Å². The van der Waals surface area contributed by atoms with E-state index in [2.05, 4.69) is 10.2 Å². The van der Waals surface area contributed by atoms with Crippen LogP contribution in [0.3, 0.4) is 0 Å². The lowest BCUT2D eigenvalue weighted by Gasteiger charge is -2.35. The Morgan fingerprint density at radius 1 is 1.24 bits per heavy atom. The summed E-state index contributed by atoms with van der Waals surface area (Å²) in [6.45, 7) is 4.70. The highest BCUT2D eigenvalue weighted by molar-refractivity contribution is 5.97. The van der Waals surface area contributed by atoms with Crippen LogP contribution in [0.1, 0.15) is 29.6 Å². The summed E-state index contributed by atoms with van der Waals surface area (Å²) in [6, 6.07) is 8.15. The largest absolute Gasteiger partial charge is 0.490 e. The normalized spacial score (nSPS) is 22.0. The number of hydrogen-bond acceptors (Lipinski definition) is 5. The van der Waals surface area contributed by atoms with Gasteiger partial charge >= 0.3 is 0 Å². The highest BCUT2D eigenvalue weighted by Gasteiger charge is 2.28. The van der Waals surface area contributed by atoms with Gasteiger partial charge in [0.15, 0.2) is 0 Å². The first-order valence-corrected chi connectivity index (χ1v) is 9.11. The zero-order chi connectivity index (χ0) is 17.5. The van der Waals surface area contributed by atoms with Gasteiger partial charge in [0, 0.05) is 38.9 Å². The molecule has 2 aliphatic heterocycles. The third-order valence-electron chi connectivity index (χ3n) is 4.96. The average Bonchev–Trinajstić information content (AvgIpc) is 3.18. The molecule has 2 aliphatic rings. The Hall–Kier alpha value is -1.63. The molecule has 0 aromatic heterocycles. The van der Waals surface area contributed by atoms with Crippen LogP contribution in [0.5, 0.6) is 5.75 Å². The lowest BCUT2D eigenvalue weighted by atomic mass is 10.0. The molecule has 1 amide bonds. The summed E-state index contributed by atoms with van der Waals surface area (Å²) in [5, 5.41) is 3.17. The van der Waals surface area contributed by atoms with Gasteiger partial charge in [0.2, 0.25) is 0 Å². The Kier molecular flexibility index (Phi) is 6.67. The monoisotopic (exact) mass is 348 g/mol. The Morgan fingerprint density at radius 3 is 2.76 bits per heavy atom. The van der Waals surface area contributed by atoms with Crippen LogP contribution >= 0.6 is 0 Å². The number of carbonyl (C=O) groups is 1. The molecule has 138 valence electrons. The van der Waals surface area contributed by atoms with Crippen LogP contribution in [0.15, 0.2) is 24.3 Å². The summed E-state index contributed by atoms with van der Waals surface area (Å²) in [5.74, 6) is 0.549. The van der Waals surface area contributed by atoms with Gasteiger partial charge in [-0.1, -0.05) is 12.1 Å².